The lowest BCUT2D eigenvalue weighted by molar-refractivity contribution is -0.0323. The smallest absolute Gasteiger partial charge is 0.238 e. The number of pyridine rings is 1. The van der Waals surface area contributed by atoms with Gasteiger partial charge in [-0.05, 0) is 31.9 Å². The Kier molecular flexibility index (Phi) is 2.52. The summed E-state index contributed by atoms with van der Waals surface area (Å²) in [5, 5.41) is 14.6. The molecule has 0 bridgehead atoms. The van der Waals surface area contributed by atoms with Crippen molar-refractivity contribution in [1.29, 1.82) is 0 Å². The molecule has 0 atom stereocenters. The number of nitrogens with zero attached hydrogens (tertiary/aromatic N) is 1. The van der Waals surface area contributed by atoms with Crippen LogP contribution in [0.3, 0.4) is 0 Å². The highest BCUT2D eigenvalue weighted by atomic mass is 32.2. The Morgan fingerprint density at radius 2 is 2.19 bits per heavy atom. The number of hydrogen-bond donors (Lipinski definition) is 2. The van der Waals surface area contributed by atoms with Crippen LogP contribution in [0.1, 0.15) is 31.4 Å². The quantitative estimate of drug-likeness (QED) is 0.783. The second-order valence-electron chi connectivity index (χ2n) is 4.56. The largest absolute Gasteiger partial charge is 0.390 e. The Morgan fingerprint density at radius 1 is 1.56 bits per heavy atom. The summed E-state index contributed by atoms with van der Waals surface area (Å²) >= 11 is 0. The molecule has 1 saturated carbocycles. The van der Waals surface area contributed by atoms with Crippen LogP contribution in [0.5, 0.6) is 0 Å². The van der Waals surface area contributed by atoms with Gasteiger partial charge in [0.05, 0.1) is 10.5 Å². The van der Waals surface area contributed by atoms with Crippen LogP contribution in [0.2, 0.25) is 0 Å². The van der Waals surface area contributed by atoms with Gasteiger partial charge in [-0.3, -0.25) is 4.98 Å². The van der Waals surface area contributed by atoms with Gasteiger partial charge < -0.3 is 5.11 Å². The highest BCUT2D eigenvalue weighted by Gasteiger charge is 2.40. The molecule has 0 saturated heterocycles. The number of nitrogens with two attached hydrogens (primary N) is 1. The molecule has 1 aromatic heterocycles. The molecular weight excluding hydrogens is 228 g/mol. The van der Waals surface area contributed by atoms with Crippen molar-refractivity contribution in [3.05, 3.63) is 24.0 Å². The first kappa shape index (κ1) is 11.5. The predicted octanol–water partition coefficient (Wildman–Crippen LogP) is 0.357. The number of primary sulfonamides is 1. The molecule has 1 aliphatic rings. The molecule has 1 aliphatic carbocycles. The summed E-state index contributed by atoms with van der Waals surface area (Å²) in [6.07, 6.45) is 2.64. The van der Waals surface area contributed by atoms with Crippen LogP contribution in [0, 0.1) is 0 Å². The first-order valence-electron chi connectivity index (χ1n) is 4.99. The fourth-order valence-electron chi connectivity index (χ4n) is 2.04. The molecule has 0 aliphatic heterocycles. The van der Waals surface area contributed by atoms with Crippen molar-refractivity contribution in [1.82, 2.24) is 4.98 Å². The number of rotatable bonds is 2. The van der Waals surface area contributed by atoms with E-state index in [4.69, 9.17) is 5.14 Å². The molecule has 1 heterocycles. The van der Waals surface area contributed by atoms with Crippen LogP contribution in [0.25, 0.3) is 0 Å². The van der Waals surface area contributed by atoms with Crippen LogP contribution < -0.4 is 5.14 Å². The van der Waals surface area contributed by atoms with Crippen molar-refractivity contribution < 1.29 is 13.5 Å². The number of hydrogen-bond acceptors (Lipinski definition) is 4. The summed E-state index contributed by atoms with van der Waals surface area (Å²) in [4.78, 5) is 4.18. The third-order valence-electron chi connectivity index (χ3n) is 2.87. The van der Waals surface area contributed by atoms with E-state index in [1.165, 1.54) is 18.3 Å². The van der Waals surface area contributed by atoms with Crippen LogP contribution in [-0.4, -0.2) is 24.1 Å². The SMILES string of the molecule is CC1(O)CC(c2cc(S(N)(=O)=O)ccn2)C1. The van der Waals surface area contributed by atoms with Gasteiger partial charge in [-0.1, -0.05) is 0 Å². The van der Waals surface area contributed by atoms with E-state index >= 15 is 0 Å². The molecule has 1 fully saturated rings. The van der Waals surface area contributed by atoms with Crippen LogP contribution >= 0.6 is 0 Å². The van der Waals surface area contributed by atoms with Crippen molar-refractivity contribution in [3.8, 4) is 0 Å². The molecule has 3 N–H and O–H groups in total. The van der Waals surface area contributed by atoms with Gasteiger partial charge in [0, 0.05) is 17.8 Å². The minimum Gasteiger partial charge on any atom is -0.390 e. The molecule has 0 radical (unpaired) electrons. The average molecular weight is 242 g/mol. The normalized spacial score (nSPS) is 29.8. The van der Waals surface area contributed by atoms with Gasteiger partial charge >= 0.3 is 0 Å². The van der Waals surface area contributed by atoms with Crippen molar-refractivity contribution in [3.63, 3.8) is 0 Å². The van der Waals surface area contributed by atoms with E-state index in [9.17, 15) is 13.5 Å². The Morgan fingerprint density at radius 3 is 2.69 bits per heavy atom. The van der Waals surface area contributed by atoms with Crippen LogP contribution in [0.15, 0.2) is 23.2 Å². The average Bonchev–Trinajstić information content (AvgIpc) is 2.13. The van der Waals surface area contributed by atoms with Crippen molar-refractivity contribution >= 4 is 10.0 Å². The minimum atomic E-state index is -3.67. The van der Waals surface area contributed by atoms with E-state index in [0.29, 0.717) is 18.5 Å². The summed E-state index contributed by atoms with van der Waals surface area (Å²) in [6, 6.07) is 2.85. The lowest BCUT2D eigenvalue weighted by Crippen LogP contribution is -2.39. The number of aromatic nitrogens is 1. The third-order valence-corrected chi connectivity index (χ3v) is 3.78. The maximum atomic E-state index is 11.1. The van der Waals surface area contributed by atoms with Gasteiger partial charge in [-0.2, -0.15) is 0 Å². The van der Waals surface area contributed by atoms with Crippen LogP contribution in [0.4, 0.5) is 0 Å². The summed E-state index contributed by atoms with van der Waals surface area (Å²) in [7, 11) is -3.67. The van der Waals surface area contributed by atoms with Crippen molar-refractivity contribution in [2.75, 3.05) is 0 Å². The summed E-state index contributed by atoms with van der Waals surface area (Å²) in [5.74, 6) is 0.122. The highest BCUT2D eigenvalue weighted by Crippen LogP contribution is 2.43. The molecule has 16 heavy (non-hydrogen) atoms. The second-order valence-corrected chi connectivity index (χ2v) is 6.12. The fraction of sp³-hybridized carbons (Fsp3) is 0.500. The second kappa shape index (κ2) is 3.51. The lowest BCUT2D eigenvalue weighted by Gasteiger charge is -2.40. The molecular formula is C10H14N2O3S. The maximum absolute atomic E-state index is 11.1. The summed E-state index contributed by atoms with van der Waals surface area (Å²) < 4.78 is 22.3. The molecule has 1 aromatic rings. The molecule has 2 rings (SSSR count). The molecule has 0 amide bonds. The van der Waals surface area contributed by atoms with Crippen molar-refractivity contribution in [2.45, 2.75) is 36.2 Å². The Bertz CT molecular complexity index is 503. The highest BCUT2D eigenvalue weighted by molar-refractivity contribution is 7.89. The molecule has 0 spiro atoms. The monoisotopic (exact) mass is 242 g/mol. The number of aliphatic hydroxyl groups is 1. The lowest BCUT2D eigenvalue weighted by atomic mass is 9.70. The van der Waals surface area contributed by atoms with Gasteiger partial charge in [0.25, 0.3) is 0 Å². The van der Waals surface area contributed by atoms with Crippen molar-refractivity contribution in [2.24, 2.45) is 5.14 Å². The Labute approximate surface area is 94.4 Å². The molecule has 0 aromatic carbocycles. The van der Waals surface area contributed by atoms with E-state index in [1.54, 1.807) is 6.92 Å². The third kappa shape index (κ3) is 2.23. The van der Waals surface area contributed by atoms with Gasteiger partial charge in [0.1, 0.15) is 0 Å². The van der Waals surface area contributed by atoms with Gasteiger partial charge in [0.15, 0.2) is 0 Å². The van der Waals surface area contributed by atoms with Crippen LogP contribution in [-0.2, 0) is 10.0 Å². The molecule has 88 valence electrons. The Hall–Kier alpha value is -0.980. The van der Waals surface area contributed by atoms with Gasteiger partial charge in [0.2, 0.25) is 10.0 Å². The number of sulfonamides is 1. The fourth-order valence-corrected chi connectivity index (χ4v) is 2.57. The first-order valence-corrected chi connectivity index (χ1v) is 6.54. The first-order chi connectivity index (χ1) is 7.28. The van der Waals surface area contributed by atoms with E-state index in [-0.39, 0.29) is 10.8 Å². The standard InChI is InChI=1S/C10H14N2O3S/c1-10(13)5-7(6-10)9-4-8(2-3-12-9)16(11,14)15/h2-4,7,13H,5-6H2,1H3,(H2,11,14,15). The molecule has 0 unspecified atom stereocenters. The Balaban J connectivity index is 2.25. The summed E-state index contributed by atoms with van der Waals surface area (Å²) in [6.45, 7) is 1.76. The topological polar surface area (TPSA) is 93.3 Å². The van der Waals surface area contributed by atoms with Gasteiger partial charge in [-0.15, -0.1) is 0 Å². The van der Waals surface area contributed by atoms with Gasteiger partial charge in [-0.25, -0.2) is 13.6 Å². The zero-order valence-electron chi connectivity index (χ0n) is 8.92. The predicted molar refractivity (Wildman–Crippen MR) is 58.2 cm³/mol. The maximum Gasteiger partial charge on any atom is 0.238 e. The molecule has 5 nitrogen and oxygen atoms in total. The zero-order valence-corrected chi connectivity index (χ0v) is 9.74. The van der Waals surface area contributed by atoms with E-state index in [0.717, 1.165) is 0 Å². The van der Waals surface area contributed by atoms with E-state index < -0.39 is 15.6 Å². The molecule has 6 heteroatoms. The van der Waals surface area contributed by atoms with E-state index in [2.05, 4.69) is 4.98 Å². The minimum absolute atomic E-state index is 0.0732. The van der Waals surface area contributed by atoms with E-state index in [1.807, 2.05) is 0 Å². The summed E-state index contributed by atoms with van der Waals surface area (Å²) in [5.41, 5.74) is 0.0299. The zero-order chi connectivity index (χ0) is 12.0.